The van der Waals surface area contributed by atoms with Crippen molar-refractivity contribution in [2.75, 3.05) is 37.1 Å². The topological polar surface area (TPSA) is 76.3 Å². The number of nitrogen functional groups attached to an aromatic ring is 1. The van der Waals surface area contributed by atoms with Crippen LogP contribution in [0, 0.1) is 5.92 Å². The van der Waals surface area contributed by atoms with Crippen molar-refractivity contribution < 1.29 is 17.9 Å². The number of hydrogen-bond acceptors (Lipinski definition) is 6. The van der Waals surface area contributed by atoms with Gasteiger partial charge in [-0.2, -0.15) is 13.2 Å². The third-order valence-corrected chi connectivity index (χ3v) is 3.13. The van der Waals surface area contributed by atoms with E-state index in [1.54, 1.807) is 11.9 Å². The first-order valence-corrected chi connectivity index (χ1v) is 6.62. The number of alkyl halides is 3. The first-order valence-electron chi connectivity index (χ1n) is 6.62. The molecule has 1 heterocycles. The lowest BCUT2D eigenvalue weighted by Crippen LogP contribution is -2.26. The molecule has 0 atom stereocenters. The van der Waals surface area contributed by atoms with Gasteiger partial charge in [-0.15, -0.1) is 0 Å². The van der Waals surface area contributed by atoms with Crippen molar-refractivity contribution in [3.8, 4) is 0 Å². The largest absolute Gasteiger partial charge is 0.451 e. The fourth-order valence-electron chi connectivity index (χ4n) is 1.68. The lowest BCUT2D eigenvalue weighted by atomic mass is 10.4. The number of ether oxygens (including phenoxy) is 1. The van der Waals surface area contributed by atoms with Crippen molar-refractivity contribution in [2.24, 2.45) is 11.8 Å². The minimum atomic E-state index is -4.62. The van der Waals surface area contributed by atoms with Gasteiger partial charge in [0.2, 0.25) is 5.82 Å². The molecular formula is C12H18F3N5O. The van der Waals surface area contributed by atoms with Gasteiger partial charge >= 0.3 is 6.18 Å². The van der Waals surface area contributed by atoms with Crippen molar-refractivity contribution >= 4 is 11.6 Å². The standard InChI is InChI=1S/C12H18F3N5O/c1-20(4-5-21-7-8-2-3-8)10-6-9(19-16)17-11(18-10)12(13,14)15/h6,8H,2-5,7,16H2,1H3,(H,17,18,19). The Morgan fingerprint density at radius 2 is 2.14 bits per heavy atom. The molecule has 1 aromatic heterocycles. The predicted octanol–water partition coefficient (Wildman–Crippen LogP) is 1.64. The summed E-state index contributed by atoms with van der Waals surface area (Å²) < 4.78 is 43.6. The molecule has 0 saturated heterocycles. The van der Waals surface area contributed by atoms with Gasteiger partial charge in [-0.05, 0) is 18.8 Å². The van der Waals surface area contributed by atoms with Crippen molar-refractivity contribution in [3.05, 3.63) is 11.9 Å². The quantitative estimate of drug-likeness (QED) is 0.453. The number of hydrogen-bond donors (Lipinski definition) is 2. The molecule has 6 nitrogen and oxygen atoms in total. The molecule has 0 bridgehead atoms. The minimum Gasteiger partial charge on any atom is -0.379 e. The summed E-state index contributed by atoms with van der Waals surface area (Å²) >= 11 is 0. The van der Waals surface area contributed by atoms with E-state index in [-0.39, 0.29) is 11.6 Å². The molecule has 0 spiro atoms. The second-order valence-corrected chi connectivity index (χ2v) is 5.02. The Kier molecular flexibility index (Phi) is 4.84. The monoisotopic (exact) mass is 305 g/mol. The molecule has 3 N–H and O–H groups in total. The normalized spacial score (nSPS) is 15.1. The zero-order valence-electron chi connectivity index (χ0n) is 11.7. The van der Waals surface area contributed by atoms with Crippen LogP contribution in [0.3, 0.4) is 0 Å². The summed E-state index contributed by atoms with van der Waals surface area (Å²) in [6.07, 6.45) is -2.23. The van der Waals surface area contributed by atoms with Gasteiger partial charge in [0.05, 0.1) is 6.61 Å². The van der Waals surface area contributed by atoms with E-state index in [9.17, 15) is 13.2 Å². The number of nitrogens with two attached hydrogens (primary N) is 1. The van der Waals surface area contributed by atoms with E-state index in [4.69, 9.17) is 10.6 Å². The van der Waals surface area contributed by atoms with E-state index in [0.717, 1.165) is 0 Å². The SMILES string of the molecule is CN(CCOCC1CC1)c1cc(NN)nc(C(F)(F)F)n1. The average Bonchev–Trinajstić information content (AvgIpc) is 3.26. The molecule has 0 unspecified atom stereocenters. The molecule has 21 heavy (non-hydrogen) atoms. The zero-order chi connectivity index (χ0) is 15.5. The Labute approximate surface area is 120 Å². The van der Waals surface area contributed by atoms with Crippen molar-refractivity contribution in [1.82, 2.24) is 9.97 Å². The first kappa shape index (κ1) is 15.8. The van der Waals surface area contributed by atoms with Gasteiger partial charge in [-0.1, -0.05) is 0 Å². The van der Waals surface area contributed by atoms with E-state index in [2.05, 4.69) is 15.4 Å². The molecule has 2 rings (SSSR count). The van der Waals surface area contributed by atoms with Crippen LogP contribution in [0.1, 0.15) is 18.7 Å². The second-order valence-electron chi connectivity index (χ2n) is 5.02. The Balaban J connectivity index is 1.98. The van der Waals surface area contributed by atoms with Crippen molar-refractivity contribution in [2.45, 2.75) is 19.0 Å². The van der Waals surface area contributed by atoms with E-state index in [1.807, 2.05) is 0 Å². The number of hydrazine groups is 1. The van der Waals surface area contributed by atoms with Crippen LogP contribution in [0.15, 0.2) is 6.07 Å². The molecule has 0 aromatic carbocycles. The maximum Gasteiger partial charge on any atom is 0.451 e. The number of aromatic nitrogens is 2. The first-order chi connectivity index (χ1) is 9.90. The summed E-state index contributed by atoms with van der Waals surface area (Å²) in [5.41, 5.74) is 2.12. The smallest absolute Gasteiger partial charge is 0.379 e. The van der Waals surface area contributed by atoms with Crippen LogP contribution in [0.5, 0.6) is 0 Å². The average molecular weight is 305 g/mol. The van der Waals surface area contributed by atoms with Crippen molar-refractivity contribution in [1.29, 1.82) is 0 Å². The summed E-state index contributed by atoms with van der Waals surface area (Å²) in [6, 6.07) is 1.36. The molecule has 1 aliphatic rings. The molecule has 118 valence electrons. The van der Waals surface area contributed by atoms with E-state index < -0.39 is 12.0 Å². The maximum atomic E-state index is 12.7. The molecule has 1 aliphatic carbocycles. The number of nitrogens with one attached hydrogen (secondary N) is 1. The number of anilines is 2. The van der Waals surface area contributed by atoms with Gasteiger partial charge in [0.1, 0.15) is 11.6 Å². The number of halogens is 3. The predicted molar refractivity (Wildman–Crippen MR) is 71.7 cm³/mol. The van der Waals surface area contributed by atoms with Crippen LogP contribution >= 0.6 is 0 Å². The molecule has 0 aliphatic heterocycles. The van der Waals surface area contributed by atoms with Gasteiger partial charge in [0.15, 0.2) is 0 Å². The van der Waals surface area contributed by atoms with Crippen LogP contribution in [0.2, 0.25) is 0 Å². The van der Waals surface area contributed by atoms with Gasteiger partial charge in [-0.25, -0.2) is 15.8 Å². The highest BCUT2D eigenvalue weighted by molar-refractivity contribution is 5.48. The zero-order valence-corrected chi connectivity index (χ0v) is 11.7. The lowest BCUT2D eigenvalue weighted by Gasteiger charge is -2.20. The van der Waals surface area contributed by atoms with E-state index >= 15 is 0 Å². The van der Waals surface area contributed by atoms with Crippen LogP contribution < -0.4 is 16.2 Å². The van der Waals surface area contributed by atoms with Gasteiger partial charge in [-0.3, -0.25) is 0 Å². The molecule has 9 heteroatoms. The van der Waals surface area contributed by atoms with Crippen LogP contribution in [-0.4, -0.2) is 36.8 Å². The summed E-state index contributed by atoms with van der Waals surface area (Å²) in [5.74, 6) is 4.62. The van der Waals surface area contributed by atoms with Crippen LogP contribution in [-0.2, 0) is 10.9 Å². The van der Waals surface area contributed by atoms with E-state index in [1.165, 1.54) is 18.9 Å². The molecule has 0 amide bonds. The van der Waals surface area contributed by atoms with Gasteiger partial charge < -0.3 is 15.1 Å². The van der Waals surface area contributed by atoms with E-state index in [0.29, 0.717) is 25.7 Å². The Bertz CT molecular complexity index is 478. The molecule has 1 aromatic rings. The molecule has 1 fully saturated rings. The van der Waals surface area contributed by atoms with Crippen LogP contribution in [0.4, 0.5) is 24.8 Å². The fraction of sp³-hybridized carbons (Fsp3) is 0.667. The Morgan fingerprint density at radius 1 is 1.43 bits per heavy atom. The number of nitrogens with zero attached hydrogens (tertiary/aromatic N) is 3. The highest BCUT2D eigenvalue weighted by Crippen LogP contribution is 2.29. The van der Waals surface area contributed by atoms with Gasteiger partial charge in [0, 0.05) is 26.3 Å². The summed E-state index contributed by atoms with van der Waals surface area (Å²) in [6.45, 7) is 1.58. The van der Waals surface area contributed by atoms with Crippen LogP contribution in [0.25, 0.3) is 0 Å². The third kappa shape index (κ3) is 4.71. The van der Waals surface area contributed by atoms with Gasteiger partial charge in [0.25, 0.3) is 0 Å². The number of likely N-dealkylation sites (N-methyl/N-ethyl adjacent to an activating group) is 1. The molecular weight excluding hydrogens is 287 g/mol. The minimum absolute atomic E-state index is 0.0851. The highest BCUT2D eigenvalue weighted by atomic mass is 19.4. The third-order valence-electron chi connectivity index (χ3n) is 3.13. The lowest BCUT2D eigenvalue weighted by molar-refractivity contribution is -0.144. The summed E-state index contributed by atoms with van der Waals surface area (Å²) in [7, 11) is 1.64. The second kappa shape index (κ2) is 6.44. The number of rotatable bonds is 7. The summed E-state index contributed by atoms with van der Waals surface area (Å²) in [4.78, 5) is 8.39. The maximum absolute atomic E-state index is 12.7. The van der Waals surface area contributed by atoms with Crippen molar-refractivity contribution in [3.63, 3.8) is 0 Å². The Morgan fingerprint density at radius 3 is 2.71 bits per heavy atom. The summed E-state index contributed by atoms with van der Waals surface area (Å²) in [5, 5.41) is 0. The highest BCUT2D eigenvalue weighted by Gasteiger charge is 2.35. The molecule has 0 radical (unpaired) electrons. The fourth-order valence-corrected chi connectivity index (χ4v) is 1.68. The Hall–Kier alpha value is -1.61. The molecule has 1 saturated carbocycles.